The van der Waals surface area contributed by atoms with Gasteiger partial charge in [-0.2, -0.15) is 0 Å². The molecule has 4 atom stereocenters. The monoisotopic (exact) mass is 476 g/mol. The summed E-state index contributed by atoms with van der Waals surface area (Å²) in [5, 5.41) is 12.2. The standard InChI is InChI=1S/C28H32N2O5/c1-16(2)11-17(26(31)30-14-18-12-24(30)25(18)27(32)33)13-29-28(34)35-15-23-21-9-5-3-7-19(21)20-8-4-6-10-22(20)23/h3-10,16-18,23-25H,11-15H2,1-2H3,(H,29,34)(H,32,33). The summed E-state index contributed by atoms with van der Waals surface area (Å²) in [6.07, 6.45) is 0.841. The molecule has 2 aromatic carbocycles. The number of amides is 2. The predicted octanol–water partition coefficient (Wildman–Crippen LogP) is 4.12. The van der Waals surface area contributed by atoms with E-state index in [9.17, 15) is 19.5 Å². The van der Waals surface area contributed by atoms with E-state index >= 15 is 0 Å². The zero-order valence-electron chi connectivity index (χ0n) is 20.1. The van der Waals surface area contributed by atoms with Crippen LogP contribution in [-0.2, 0) is 14.3 Å². The van der Waals surface area contributed by atoms with Crippen LogP contribution < -0.4 is 5.32 Å². The molecule has 0 spiro atoms. The van der Waals surface area contributed by atoms with Gasteiger partial charge in [0, 0.05) is 25.0 Å². The highest BCUT2D eigenvalue weighted by Gasteiger charge is 2.57. The average Bonchev–Trinajstić information content (AvgIpc) is 3.50. The molecule has 7 nitrogen and oxygen atoms in total. The smallest absolute Gasteiger partial charge is 0.407 e. The van der Waals surface area contributed by atoms with Crippen molar-refractivity contribution in [2.75, 3.05) is 19.7 Å². The van der Waals surface area contributed by atoms with Crippen LogP contribution >= 0.6 is 0 Å². The van der Waals surface area contributed by atoms with Gasteiger partial charge in [-0.05, 0) is 46.9 Å². The van der Waals surface area contributed by atoms with Crippen molar-refractivity contribution in [2.24, 2.45) is 23.7 Å². The summed E-state index contributed by atoms with van der Waals surface area (Å²) in [6.45, 7) is 4.98. The molecule has 35 heavy (non-hydrogen) atoms. The number of hydrogen-bond acceptors (Lipinski definition) is 4. The second-order valence-electron chi connectivity index (χ2n) is 10.5. The van der Waals surface area contributed by atoms with Crippen LogP contribution in [-0.4, -0.2) is 53.7 Å². The van der Waals surface area contributed by atoms with Gasteiger partial charge in [0.15, 0.2) is 0 Å². The van der Waals surface area contributed by atoms with Crippen molar-refractivity contribution in [1.29, 1.82) is 0 Å². The van der Waals surface area contributed by atoms with E-state index in [2.05, 4.69) is 29.6 Å². The highest BCUT2D eigenvalue weighted by Crippen LogP contribution is 2.47. The van der Waals surface area contributed by atoms with E-state index in [0.29, 0.717) is 13.0 Å². The molecule has 2 aliphatic heterocycles. The van der Waals surface area contributed by atoms with Gasteiger partial charge in [-0.1, -0.05) is 62.4 Å². The SMILES string of the molecule is CC(C)CC(CNC(=O)OCC1c2ccccc2-c2ccccc21)C(=O)N1CC2CC1C2C(=O)O. The molecule has 2 N–H and O–H groups in total. The first-order chi connectivity index (χ1) is 16.8. The van der Waals surface area contributed by atoms with Gasteiger partial charge >= 0.3 is 12.1 Å². The number of carbonyl (C=O) groups excluding carboxylic acids is 2. The van der Waals surface area contributed by atoms with Crippen LogP contribution in [0.15, 0.2) is 48.5 Å². The number of ether oxygens (including phenoxy) is 1. The van der Waals surface area contributed by atoms with E-state index in [-0.39, 0.29) is 42.9 Å². The fraction of sp³-hybridized carbons (Fsp3) is 0.464. The number of hydrogen-bond donors (Lipinski definition) is 2. The molecule has 6 rings (SSSR count). The van der Waals surface area contributed by atoms with Crippen molar-refractivity contribution >= 4 is 18.0 Å². The van der Waals surface area contributed by atoms with Crippen LogP contribution in [0.2, 0.25) is 0 Å². The summed E-state index contributed by atoms with van der Waals surface area (Å²) in [5.41, 5.74) is 4.64. The maximum Gasteiger partial charge on any atom is 0.407 e. The molecule has 7 heteroatoms. The number of carbonyl (C=O) groups is 3. The van der Waals surface area contributed by atoms with Gasteiger partial charge < -0.3 is 20.1 Å². The fourth-order valence-electron chi connectivity index (χ4n) is 6.17. The second-order valence-corrected chi connectivity index (χ2v) is 10.5. The number of nitrogens with one attached hydrogen (secondary N) is 1. The van der Waals surface area contributed by atoms with Crippen molar-refractivity contribution < 1.29 is 24.2 Å². The van der Waals surface area contributed by atoms with Crippen molar-refractivity contribution in [2.45, 2.75) is 38.6 Å². The average molecular weight is 477 g/mol. The molecule has 2 heterocycles. The molecule has 4 unspecified atom stereocenters. The second kappa shape index (κ2) is 9.36. The summed E-state index contributed by atoms with van der Waals surface area (Å²) in [6, 6.07) is 16.1. The molecule has 4 aliphatic rings. The topological polar surface area (TPSA) is 95.9 Å². The number of alkyl carbamates (subject to hydrolysis) is 1. The predicted molar refractivity (Wildman–Crippen MR) is 131 cm³/mol. The Bertz CT molecular complexity index is 1100. The number of carboxylic acid groups (broad SMARTS) is 1. The third-order valence-electron chi connectivity index (χ3n) is 7.81. The Kier molecular flexibility index (Phi) is 6.26. The lowest BCUT2D eigenvalue weighted by Crippen LogP contribution is -2.48. The van der Waals surface area contributed by atoms with Crippen LogP contribution in [0.3, 0.4) is 0 Å². The molecule has 2 aliphatic carbocycles. The number of nitrogens with zero attached hydrogens (tertiary/aromatic N) is 1. The Morgan fingerprint density at radius 2 is 1.69 bits per heavy atom. The van der Waals surface area contributed by atoms with Gasteiger partial charge in [0.25, 0.3) is 0 Å². The molecule has 0 radical (unpaired) electrons. The van der Waals surface area contributed by atoms with Crippen LogP contribution in [0.5, 0.6) is 0 Å². The minimum absolute atomic E-state index is 0.0226. The number of fused-ring (bicyclic) bond motifs is 4. The molecule has 2 aromatic rings. The zero-order valence-corrected chi connectivity index (χ0v) is 20.1. The van der Waals surface area contributed by atoms with Crippen molar-refractivity contribution in [3.63, 3.8) is 0 Å². The Hall–Kier alpha value is -3.35. The molecule has 2 saturated heterocycles. The van der Waals surface area contributed by atoms with Gasteiger partial charge in [-0.15, -0.1) is 0 Å². The Balaban J connectivity index is 1.20. The normalized spacial score (nSPS) is 22.8. The first kappa shape index (κ1) is 23.4. The zero-order chi connectivity index (χ0) is 24.7. The lowest BCUT2D eigenvalue weighted by molar-refractivity contribution is -0.149. The minimum Gasteiger partial charge on any atom is -0.481 e. The van der Waals surface area contributed by atoms with Crippen LogP contribution in [0.4, 0.5) is 4.79 Å². The molecule has 1 saturated carbocycles. The molecule has 0 aromatic heterocycles. The Morgan fingerprint density at radius 1 is 1.06 bits per heavy atom. The molecule has 2 bridgehead atoms. The highest BCUT2D eigenvalue weighted by atomic mass is 16.5. The molecule has 184 valence electrons. The van der Waals surface area contributed by atoms with Crippen molar-refractivity contribution in [1.82, 2.24) is 10.2 Å². The van der Waals surface area contributed by atoms with Gasteiger partial charge in [0.2, 0.25) is 5.91 Å². The number of aliphatic carboxylic acids is 1. The van der Waals surface area contributed by atoms with Gasteiger partial charge in [0.05, 0.1) is 11.8 Å². The van der Waals surface area contributed by atoms with E-state index in [1.165, 1.54) is 11.1 Å². The quantitative estimate of drug-likeness (QED) is 0.598. The Labute approximate surface area is 205 Å². The summed E-state index contributed by atoms with van der Waals surface area (Å²) >= 11 is 0. The van der Waals surface area contributed by atoms with E-state index < -0.39 is 23.9 Å². The van der Waals surface area contributed by atoms with Crippen molar-refractivity contribution in [3.05, 3.63) is 59.7 Å². The lowest BCUT2D eigenvalue weighted by Gasteiger charge is -2.34. The van der Waals surface area contributed by atoms with Crippen LogP contribution in [0.1, 0.15) is 43.7 Å². The number of rotatable bonds is 8. The first-order valence-electron chi connectivity index (χ1n) is 12.5. The summed E-state index contributed by atoms with van der Waals surface area (Å²) < 4.78 is 5.63. The number of carboxylic acids is 1. The van der Waals surface area contributed by atoms with E-state index in [1.54, 1.807) is 4.90 Å². The van der Waals surface area contributed by atoms with E-state index in [0.717, 1.165) is 17.5 Å². The molecule has 3 fully saturated rings. The summed E-state index contributed by atoms with van der Waals surface area (Å²) in [5.74, 6) is -1.44. The van der Waals surface area contributed by atoms with Crippen LogP contribution in [0.25, 0.3) is 11.1 Å². The number of benzene rings is 2. The van der Waals surface area contributed by atoms with E-state index in [1.807, 2.05) is 38.1 Å². The molecule has 2 amide bonds. The summed E-state index contributed by atoms with van der Waals surface area (Å²) in [7, 11) is 0. The first-order valence-corrected chi connectivity index (χ1v) is 12.5. The fourth-order valence-corrected chi connectivity index (χ4v) is 6.17. The molecular formula is C28H32N2O5. The maximum atomic E-state index is 13.3. The highest BCUT2D eigenvalue weighted by molar-refractivity contribution is 5.83. The third kappa shape index (κ3) is 4.28. The van der Waals surface area contributed by atoms with Crippen LogP contribution in [0, 0.1) is 23.7 Å². The minimum atomic E-state index is -0.821. The van der Waals surface area contributed by atoms with Gasteiger partial charge in [-0.25, -0.2) is 4.79 Å². The largest absolute Gasteiger partial charge is 0.481 e. The molecular weight excluding hydrogens is 444 g/mol. The Morgan fingerprint density at radius 3 is 2.26 bits per heavy atom. The van der Waals surface area contributed by atoms with E-state index in [4.69, 9.17) is 4.74 Å². The van der Waals surface area contributed by atoms with Gasteiger partial charge in [0.1, 0.15) is 6.61 Å². The lowest BCUT2D eigenvalue weighted by atomic mass is 9.74. The maximum absolute atomic E-state index is 13.3. The summed E-state index contributed by atoms with van der Waals surface area (Å²) in [4.78, 5) is 39.1. The van der Waals surface area contributed by atoms with Gasteiger partial charge in [-0.3, -0.25) is 9.59 Å². The van der Waals surface area contributed by atoms with Crippen molar-refractivity contribution in [3.8, 4) is 11.1 Å². The third-order valence-corrected chi connectivity index (χ3v) is 7.81.